The normalized spacial score (nSPS) is 11.4. The summed E-state index contributed by atoms with van der Waals surface area (Å²) in [7, 11) is 0. The van der Waals surface area contributed by atoms with Crippen LogP contribution >= 0.6 is 23.2 Å². The molecule has 8 N–H and O–H groups in total. The fourth-order valence-corrected chi connectivity index (χ4v) is 9.45. The third-order valence-electron chi connectivity index (χ3n) is 14.3. The van der Waals surface area contributed by atoms with Crippen LogP contribution in [0.25, 0.3) is 22.4 Å². The predicted octanol–water partition coefficient (Wildman–Crippen LogP) is 13.6. The highest BCUT2D eigenvalue weighted by atomic mass is 35.5. The Bertz CT molecular complexity index is 5160. The van der Waals surface area contributed by atoms with Crippen molar-refractivity contribution in [1.29, 1.82) is 0 Å². The maximum atomic E-state index is 14.0. The van der Waals surface area contributed by atoms with Gasteiger partial charge in [0.15, 0.2) is 17.2 Å². The zero-order valence-corrected chi connectivity index (χ0v) is 53.4. The van der Waals surface area contributed by atoms with Gasteiger partial charge in [-0.15, -0.1) is 0 Å². The van der Waals surface area contributed by atoms with Crippen LogP contribution in [0.5, 0.6) is 0 Å². The highest BCUT2D eigenvalue weighted by Crippen LogP contribution is 2.33. The first-order valence-electron chi connectivity index (χ1n) is 28.7. The maximum absolute atomic E-state index is 14.0. The Hall–Kier alpha value is -12.5. The van der Waals surface area contributed by atoms with Crippen molar-refractivity contribution in [2.45, 2.75) is 50.9 Å². The summed E-state index contributed by atoms with van der Waals surface area (Å²) in [5.74, 6) is -2.12. The molecule has 24 nitrogen and oxygen atoms in total. The van der Waals surface area contributed by atoms with Crippen LogP contribution in [0, 0.1) is 42.0 Å². The van der Waals surface area contributed by atoms with Gasteiger partial charge in [0.2, 0.25) is 0 Å². The molecule has 0 saturated heterocycles. The Morgan fingerprint density at radius 1 is 0.433 bits per heavy atom. The van der Waals surface area contributed by atoms with Gasteiger partial charge >= 0.3 is 58.4 Å². The van der Waals surface area contributed by atoms with E-state index in [1.54, 1.807) is 0 Å². The lowest BCUT2D eigenvalue weighted by Gasteiger charge is -2.10. The Kier molecular flexibility index (Phi) is 24.6. The first-order valence-corrected chi connectivity index (χ1v) is 29.4. The number of nitrogens with zero attached hydrogens (tertiary/aromatic N) is 8. The molecule has 0 radical (unpaired) electrons. The second-order valence-corrected chi connectivity index (χ2v) is 22.2. The monoisotopic (exact) mass is 1510 g/mol. The number of nitro groups is 3. The van der Waals surface area contributed by atoms with E-state index in [4.69, 9.17) is 40.4 Å². The summed E-state index contributed by atoms with van der Waals surface area (Å²) >= 11 is 11.0. The number of fused-ring (bicyclic) bond motifs is 1. The van der Waals surface area contributed by atoms with E-state index >= 15 is 0 Å². The molecule has 0 amide bonds. The molecule has 11 rings (SSSR count). The number of aromatic amines is 2. The second kappa shape index (κ2) is 32.4. The molecule has 0 aliphatic carbocycles. The summed E-state index contributed by atoms with van der Waals surface area (Å²) in [6.07, 6.45) is -11.1. The summed E-state index contributed by atoms with van der Waals surface area (Å²) in [5, 5.41) is 31.3. The molecule has 0 atom stereocenters. The molecular weight excluding hydrogens is 1460 g/mol. The molecule has 0 aliphatic rings. The second-order valence-electron chi connectivity index (χ2n) is 21.4. The first-order chi connectivity index (χ1) is 48.5. The predicted molar refractivity (Wildman–Crippen MR) is 350 cm³/mol. The average molecular weight is 1510 g/mol. The molecule has 544 valence electrons. The van der Waals surface area contributed by atoms with Gasteiger partial charge in [0, 0.05) is 31.0 Å². The van der Waals surface area contributed by atoms with Crippen LogP contribution in [0.15, 0.2) is 201 Å². The van der Waals surface area contributed by atoms with Gasteiger partial charge in [-0.05, 0) is 113 Å². The van der Waals surface area contributed by atoms with Gasteiger partial charge in [0.25, 0.3) is 11.1 Å². The lowest BCUT2D eigenvalue weighted by atomic mass is 10.1. The lowest BCUT2D eigenvalue weighted by Crippen LogP contribution is -2.24. The van der Waals surface area contributed by atoms with Crippen molar-refractivity contribution >= 4 is 68.4 Å². The number of pyridine rings is 5. The molecule has 0 fully saturated rings. The SMILES string of the molecule is Nc1ccn(Cc2ccc(C(F)(F)F)cc2)c(=O)c1N.Nc1ccn(Cc2ccc(C(F)(F)F)cc2)c(=O)c1[N+](=O)[O-].O=c1[nH]ccc(Cl)c1[N+](=O)[O-].O=c1c([N+](=O)[O-])c(Cl)ccn1Cc1ccc(C(F)(F)F)cc1.O=c1c2nc(-c3cccc(F)c3F)[nH]c2ccn1Cc1ccc(C(F)(F)F)cc1. The molecular formula is C64H45Cl2F14N13O11. The van der Waals surface area contributed by atoms with E-state index in [-0.39, 0.29) is 70.2 Å². The molecule has 6 aromatic heterocycles. The van der Waals surface area contributed by atoms with Crippen molar-refractivity contribution in [3.05, 3.63) is 325 Å². The van der Waals surface area contributed by atoms with Crippen LogP contribution in [0.2, 0.25) is 10.0 Å². The van der Waals surface area contributed by atoms with Crippen LogP contribution in [0.1, 0.15) is 44.5 Å². The topological polar surface area (TPSA) is 357 Å². The van der Waals surface area contributed by atoms with Gasteiger partial charge in [-0.25, -0.2) is 13.8 Å². The number of halogens is 16. The fourth-order valence-electron chi connectivity index (χ4n) is 9.02. The van der Waals surface area contributed by atoms with Crippen LogP contribution in [0.4, 0.5) is 95.6 Å². The third kappa shape index (κ3) is 19.9. The fraction of sp³-hybridized carbons (Fsp3) is 0.125. The van der Waals surface area contributed by atoms with Crippen molar-refractivity contribution in [2.75, 3.05) is 17.2 Å². The number of rotatable bonds is 12. The number of imidazole rings is 1. The molecule has 0 bridgehead atoms. The van der Waals surface area contributed by atoms with Crippen LogP contribution in [-0.4, -0.2) is 48.0 Å². The number of aromatic nitrogens is 7. The van der Waals surface area contributed by atoms with Crippen LogP contribution in [-0.2, 0) is 50.9 Å². The highest BCUT2D eigenvalue weighted by Gasteiger charge is 2.33. The Morgan fingerprint density at radius 2 is 0.788 bits per heavy atom. The molecule has 6 heterocycles. The van der Waals surface area contributed by atoms with Crippen molar-refractivity contribution in [3.63, 3.8) is 0 Å². The van der Waals surface area contributed by atoms with E-state index in [9.17, 15) is 116 Å². The summed E-state index contributed by atoms with van der Waals surface area (Å²) < 4.78 is 182. The summed E-state index contributed by atoms with van der Waals surface area (Å²) in [6.45, 7) is -0.0437. The minimum absolute atomic E-state index is 0.00128. The molecule has 0 spiro atoms. The molecule has 104 heavy (non-hydrogen) atoms. The molecule has 11 aromatic rings. The number of H-pyrrole nitrogens is 2. The van der Waals surface area contributed by atoms with E-state index in [1.165, 1.54) is 131 Å². The number of nitrogens with one attached hydrogen (secondary N) is 2. The number of hydrogen-bond donors (Lipinski definition) is 5. The molecule has 0 aliphatic heterocycles. The van der Waals surface area contributed by atoms with Crippen molar-refractivity contribution in [2.24, 2.45) is 0 Å². The highest BCUT2D eigenvalue weighted by molar-refractivity contribution is 6.32. The number of hydrogen-bond acceptors (Lipinski definition) is 15. The summed E-state index contributed by atoms with van der Waals surface area (Å²) in [4.78, 5) is 97.2. The van der Waals surface area contributed by atoms with Crippen molar-refractivity contribution < 1.29 is 76.2 Å². The lowest BCUT2D eigenvalue weighted by molar-refractivity contribution is -0.386. The van der Waals surface area contributed by atoms with E-state index < -0.39 is 118 Å². The van der Waals surface area contributed by atoms with E-state index in [2.05, 4.69) is 15.0 Å². The minimum Gasteiger partial charge on any atom is -0.397 e. The van der Waals surface area contributed by atoms with E-state index in [0.717, 1.165) is 63.7 Å². The zero-order valence-electron chi connectivity index (χ0n) is 51.9. The van der Waals surface area contributed by atoms with Crippen LogP contribution in [0.3, 0.4) is 0 Å². The summed E-state index contributed by atoms with van der Waals surface area (Å²) in [6, 6.07) is 27.7. The Labute approximate surface area is 580 Å². The zero-order chi connectivity index (χ0) is 77.1. The number of benzene rings is 5. The number of nitrogens with two attached hydrogens (primary N) is 3. The summed E-state index contributed by atoms with van der Waals surface area (Å²) in [5.41, 5.74) is 9.41. The van der Waals surface area contributed by atoms with Crippen molar-refractivity contribution in [1.82, 2.24) is 33.2 Å². The van der Waals surface area contributed by atoms with Gasteiger partial charge in [-0.3, -0.25) is 54.3 Å². The number of nitrogen functional groups attached to an aromatic ring is 3. The standard InChI is InChI=1S/C20H12F5N3O.C13H8ClF3N2O3.C13H10F3N3O3.C13H12F3N3O.C5H3ClN2O3/c21-14-3-1-2-13(16(14)22)18-26-15-8-9-28(19(29)17(15)27-18)10-11-4-6-12(7-5-11)20(23,24)25;14-10-5-6-18(12(20)11(10)19(21)22)7-8-1-3-9(4-2-8)13(15,16)17;14-13(15,16)9-3-1-8(2-4-9)7-18-6-5-10(17)11(12(18)20)19(21)22;14-13(15,16)9-3-1-8(2-4-9)7-19-6-5-10(17)11(18)12(19)20;6-3-1-2-7-5(9)4(3)8(10)11/h1-9H,10H2,(H,26,27);1-6H,7H2;1-6H,7,17H2;1-6H,7,17-18H2;1-2H,(H,7,9). The first kappa shape index (κ1) is 78.9. The van der Waals surface area contributed by atoms with Gasteiger partial charge in [0.1, 0.15) is 27.2 Å². The third-order valence-corrected chi connectivity index (χ3v) is 14.9. The van der Waals surface area contributed by atoms with Gasteiger partial charge in [-0.2, -0.15) is 52.7 Å². The van der Waals surface area contributed by atoms with E-state index in [0.29, 0.717) is 27.8 Å². The van der Waals surface area contributed by atoms with E-state index in [1.807, 2.05) is 0 Å². The van der Waals surface area contributed by atoms with Crippen LogP contribution < -0.4 is 45.0 Å². The Balaban J connectivity index is 0.000000186. The van der Waals surface area contributed by atoms with Crippen molar-refractivity contribution in [3.8, 4) is 11.4 Å². The smallest absolute Gasteiger partial charge is 0.397 e. The number of alkyl halides is 12. The number of anilines is 3. The quantitative estimate of drug-likeness (QED) is 0.0431. The Morgan fingerprint density at radius 3 is 1.17 bits per heavy atom. The minimum atomic E-state index is -4.45. The molecule has 40 heteroatoms. The molecule has 0 unspecified atom stereocenters. The van der Waals surface area contributed by atoms with Gasteiger partial charge in [-0.1, -0.05) is 77.8 Å². The average Bonchev–Trinajstić information content (AvgIpc) is 1.60. The van der Waals surface area contributed by atoms with Gasteiger partial charge in [0.05, 0.1) is 80.0 Å². The molecule has 5 aromatic carbocycles. The molecule has 0 saturated carbocycles. The maximum Gasteiger partial charge on any atom is 0.416 e. The van der Waals surface area contributed by atoms with Gasteiger partial charge < -0.3 is 45.4 Å². The largest absolute Gasteiger partial charge is 0.416 e.